The highest BCUT2D eigenvalue weighted by molar-refractivity contribution is 7.10. The van der Waals surface area contributed by atoms with E-state index >= 15 is 0 Å². The third-order valence-electron chi connectivity index (χ3n) is 3.91. The first-order chi connectivity index (χ1) is 11.4. The standard InChI is InChI=1S/C17H20FN3O2S/c1-11(12-6-3-4-7-13(12)18)21(2)16(22)10-14(20-17(19)23)15-8-5-9-24-15/h3-9,11,14H,10H2,1-2H3,(H3,19,20,23). The topological polar surface area (TPSA) is 75.4 Å². The molecule has 0 saturated carbocycles. The van der Waals surface area contributed by atoms with Crippen molar-refractivity contribution in [1.82, 2.24) is 10.2 Å². The van der Waals surface area contributed by atoms with Crippen LogP contribution in [0.5, 0.6) is 0 Å². The molecule has 7 heteroatoms. The molecule has 2 rings (SSSR count). The summed E-state index contributed by atoms with van der Waals surface area (Å²) in [5.74, 6) is -0.562. The molecule has 0 aliphatic rings. The molecule has 1 aromatic heterocycles. The Balaban J connectivity index is 2.11. The van der Waals surface area contributed by atoms with Gasteiger partial charge in [0.15, 0.2) is 0 Å². The van der Waals surface area contributed by atoms with Crippen LogP contribution in [-0.4, -0.2) is 23.9 Å². The summed E-state index contributed by atoms with van der Waals surface area (Å²) in [7, 11) is 1.62. The van der Waals surface area contributed by atoms with Gasteiger partial charge in [-0.25, -0.2) is 9.18 Å². The summed E-state index contributed by atoms with van der Waals surface area (Å²) in [6.45, 7) is 1.76. The minimum atomic E-state index is -0.689. The quantitative estimate of drug-likeness (QED) is 0.840. The van der Waals surface area contributed by atoms with E-state index in [1.54, 1.807) is 32.2 Å². The molecule has 1 heterocycles. The molecule has 128 valence electrons. The fourth-order valence-electron chi connectivity index (χ4n) is 2.44. The average Bonchev–Trinajstić information content (AvgIpc) is 3.07. The maximum atomic E-state index is 13.9. The molecule has 2 aromatic rings. The number of nitrogens with one attached hydrogen (secondary N) is 1. The van der Waals surface area contributed by atoms with E-state index in [0.717, 1.165) is 4.88 Å². The molecule has 3 amide bonds. The van der Waals surface area contributed by atoms with Gasteiger partial charge in [-0.05, 0) is 24.4 Å². The number of halogens is 1. The lowest BCUT2D eigenvalue weighted by atomic mass is 10.1. The van der Waals surface area contributed by atoms with Crippen LogP contribution in [0.4, 0.5) is 9.18 Å². The van der Waals surface area contributed by atoms with Crippen LogP contribution >= 0.6 is 11.3 Å². The number of nitrogens with two attached hydrogens (primary N) is 1. The number of hydrogen-bond donors (Lipinski definition) is 2. The zero-order chi connectivity index (χ0) is 17.7. The van der Waals surface area contributed by atoms with E-state index in [0.29, 0.717) is 5.56 Å². The third-order valence-corrected chi connectivity index (χ3v) is 4.90. The summed E-state index contributed by atoms with van der Waals surface area (Å²) in [5.41, 5.74) is 5.65. The summed E-state index contributed by atoms with van der Waals surface area (Å²) in [6.07, 6.45) is 0.0543. The zero-order valence-corrected chi connectivity index (χ0v) is 14.3. The number of amides is 3. The first-order valence-corrected chi connectivity index (χ1v) is 8.37. The van der Waals surface area contributed by atoms with Crippen LogP contribution in [0, 0.1) is 5.82 Å². The van der Waals surface area contributed by atoms with Gasteiger partial charge in [-0.2, -0.15) is 0 Å². The smallest absolute Gasteiger partial charge is 0.312 e. The molecule has 0 aliphatic heterocycles. The van der Waals surface area contributed by atoms with E-state index in [1.165, 1.54) is 22.3 Å². The summed E-state index contributed by atoms with van der Waals surface area (Å²) in [5, 5.41) is 4.45. The van der Waals surface area contributed by atoms with Gasteiger partial charge >= 0.3 is 6.03 Å². The number of hydrogen-bond acceptors (Lipinski definition) is 3. The summed E-state index contributed by atoms with van der Waals surface area (Å²) >= 11 is 1.43. The van der Waals surface area contributed by atoms with Crippen molar-refractivity contribution < 1.29 is 14.0 Å². The minimum Gasteiger partial charge on any atom is -0.352 e. The van der Waals surface area contributed by atoms with Gasteiger partial charge in [0.2, 0.25) is 5.91 Å². The molecule has 0 radical (unpaired) electrons. The van der Waals surface area contributed by atoms with Crippen LogP contribution in [0.3, 0.4) is 0 Å². The van der Waals surface area contributed by atoms with Gasteiger partial charge in [0.25, 0.3) is 0 Å². The summed E-state index contributed by atoms with van der Waals surface area (Å²) in [4.78, 5) is 26.1. The summed E-state index contributed by atoms with van der Waals surface area (Å²) in [6, 6.07) is 8.43. The highest BCUT2D eigenvalue weighted by Gasteiger charge is 2.24. The second-order valence-electron chi connectivity index (χ2n) is 5.48. The monoisotopic (exact) mass is 349 g/mol. The first kappa shape index (κ1) is 17.9. The highest BCUT2D eigenvalue weighted by atomic mass is 32.1. The highest BCUT2D eigenvalue weighted by Crippen LogP contribution is 2.26. The van der Waals surface area contributed by atoms with Crippen LogP contribution in [0.25, 0.3) is 0 Å². The van der Waals surface area contributed by atoms with Crippen LogP contribution in [0.2, 0.25) is 0 Å². The molecule has 2 unspecified atom stereocenters. The number of benzene rings is 1. The van der Waals surface area contributed by atoms with E-state index in [-0.39, 0.29) is 18.1 Å². The Labute approximate surface area is 144 Å². The molecule has 0 aliphatic carbocycles. The zero-order valence-electron chi connectivity index (χ0n) is 13.5. The van der Waals surface area contributed by atoms with E-state index in [9.17, 15) is 14.0 Å². The van der Waals surface area contributed by atoms with Gasteiger partial charge in [-0.1, -0.05) is 24.3 Å². The molecule has 24 heavy (non-hydrogen) atoms. The average molecular weight is 349 g/mol. The van der Waals surface area contributed by atoms with Gasteiger partial charge < -0.3 is 16.0 Å². The Bertz CT molecular complexity index is 706. The van der Waals surface area contributed by atoms with Crippen molar-refractivity contribution in [3.63, 3.8) is 0 Å². The number of rotatable bonds is 6. The lowest BCUT2D eigenvalue weighted by Crippen LogP contribution is -2.37. The number of thiophene rings is 1. The fourth-order valence-corrected chi connectivity index (χ4v) is 3.22. The molecular weight excluding hydrogens is 329 g/mol. The molecule has 0 bridgehead atoms. The van der Waals surface area contributed by atoms with Crippen molar-refractivity contribution in [2.45, 2.75) is 25.4 Å². The SMILES string of the molecule is CC(c1ccccc1F)N(C)C(=O)CC(NC(N)=O)c1cccs1. The van der Waals surface area contributed by atoms with Crippen molar-refractivity contribution in [3.05, 3.63) is 58.0 Å². The van der Waals surface area contributed by atoms with E-state index in [4.69, 9.17) is 5.73 Å². The number of urea groups is 1. The lowest BCUT2D eigenvalue weighted by Gasteiger charge is -2.27. The molecule has 0 fully saturated rings. The maximum absolute atomic E-state index is 13.9. The van der Waals surface area contributed by atoms with Crippen molar-refractivity contribution in [3.8, 4) is 0 Å². The number of carbonyl (C=O) groups excluding carboxylic acids is 2. The van der Waals surface area contributed by atoms with Crippen molar-refractivity contribution in [2.24, 2.45) is 5.73 Å². The van der Waals surface area contributed by atoms with E-state index in [1.807, 2.05) is 17.5 Å². The first-order valence-electron chi connectivity index (χ1n) is 7.49. The second-order valence-corrected chi connectivity index (χ2v) is 6.46. The Hall–Kier alpha value is -2.41. The van der Waals surface area contributed by atoms with Crippen LogP contribution < -0.4 is 11.1 Å². The Kier molecular flexibility index (Phi) is 5.92. The Morgan fingerprint density at radius 1 is 1.29 bits per heavy atom. The number of carbonyl (C=O) groups is 2. The van der Waals surface area contributed by atoms with Gasteiger partial charge in [-0.3, -0.25) is 4.79 Å². The molecule has 0 spiro atoms. The summed E-state index contributed by atoms with van der Waals surface area (Å²) < 4.78 is 13.9. The van der Waals surface area contributed by atoms with Gasteiger partial charge in [0, 0.05) is 17.5 Å². The Morgan fingerprint density at radius 3 is 2.58 bits per heavy atom. The molecule has 5 nitrogen and oxygen atoms in total. The predicted molar refractivity (Wildman–Crippen MR) is 92.0 cm³/mol. The number of primary amides is 1. The van der Waals surface area contributed by atoms with Gasteiger partial charge in [-0.15, -0.1) is 11.3 Å². The molecule has 3 N–H and O–H groups in total. The minimum absolute atomic E-state index is 0.0543. The molecular formula is C17H20FN3O2S. The number of nitrogens with zero attached hydrogens (tertiary/aromatic N) is 1. The second kappa shape index (κ2) is 7.92. The predicted octanol–water partition coefficient (Wildman–Crippen LogP) is 3.21. The molecule has 2 atom stereocenters. The van der Waals surface area contributed by atoms with Crippen LogP contribution in [0.15, 0.2) is 41.8 Å². The normalized spacial score (nSPS) is 13.1. The maximum Gasteiger partial charge on any atom is 0.312 e. The van der Waals surface area contributed by atoms with Crippen LogP contribution in [0.1, 0.15) is 35.9 Å². The molecule has 0 saturated heterocycles. The fraction of sp³-hybridized carbons (Fsp3) is 0.294. The van der Waals surface area contributed by atoms with Gasteiger partial charge in [0.1, 0.15) is 5.82 Å². The van der Waals surface area contributed by atoms with Crippen molar-refractivity contribution in [1.29, 1.82) is 0 Å². The van der Waals surface area contributed by atoms with E-state index in [2.05, 4.69) is 5.32 Å². The van der Waals surface area contributed by atoms with Crippen molar-refractivity contribution in [2.75, 3.05) is 7.05 Å². The Morgan fingerprint density at radius 2 is 2.00 bits per heavy atom. The van der Waals surface area contributed by atoms with Crippen LogP contribution in [-0.2, 0) is 4.79 Å². The van der Waals surface area contributed by atoms with Gasteiger partial charge in [0.05, 0.1) is 18.5 Å². The van der Waals surface area contributed by atoms with Crippen molar-refractivity contribution >= 4 is 23.3 Å². The lowest BCUT2D eigenvalue weighted by molar-refractivity contribution is -0.132. The molecule has 1 aromatic carbocycles. The largest absolute Gasteiger partial charge is 0.352 e. The third kappa shape index (κ3) is 4.32. The van der Waals surface area contributed by atoms with E-state index < -0.39 is 18.1 Å².